The van der Waals surface area contributed by atoms with Crippen LogP contribution in [0.5, 0.6) is 5.88 Å². The first-order valence-corrected chi connectivity index (χ1v) is 7.51. The van der Waals surface area contributed by atoms with E-state index in [0.717, 1.165) is 19.0 Å². The van der Waals surface area contributed by atoms with Crippen molar-refractivity contribution in [2.45, 2.75) is 12.8 Å². The van der Waals surface area contributed by atoms with Gasteiger partial charge in [0.15, 0.2) is 0 Å². The smallest absolute Gasteiger partial charge is 0.239 e. The molecule has 1 heterocycles. The summed E-state index contributed by atoms with van der Waals surface area (Å²) in [4.78, 5) is 6.49. The van der Waals surface area contributed by atoms with Gasteiger partial charge >= 0.3 is 0 Å². The highest BCUT2D eigenvalue weighted by Gasteiger charge is 2.22. The number of likely N-dealkylation sites (N-methyl/N-ethyl adjacent to an activating group) is 1. The van der Waals surface area contributed by atoms with E-state index < -0.39 is 0 Å². The molecule has 1 saturated carbocycles. The quantitative estimate of drug-likeness (QED) is 0.636. The summed E-state index contributed by atoms with van der Waals surface area (Å²) in [5.41, 5.74) is 6.46. The van der Waals surface area contributed by atoms with Gasteiger partial charge in [0.05, 0.1) is 25.5 Å². The molecule has 0 aliphatic heterocycles. The monoisotopic (exact) mass is 294 g/mol. The third kappa shape index (κ3) is 6.18. The van der Waals surface area contributed by atoms with Crippen molar-refractivity contribution in [2.75, 3.05) is 58.1 Å². The molecule has 1 aromatic rings. The van der Waals surface area contributed by atoms with Crippen LogP contribution in [-0.2, 0) is 4.74 Å². The molecule has 1 aliphatic carbocycles. The summed E-state index contributed by atoms with van der Waals surface area (Å²) in [6.07, 6.45) is 2.50. The summed E-state index contributed by atoms with van der Waals surface area (Å²) in [6.45, 7) is 3.75. The van der Waals surface area contributed by atoms with Crippen LogP contribution >= 0.6 is 0 Å². The maximum absolute atomic E-state index is 5.87. The van der Waals surface area contributed by atoms with Crippen LogP contribution in [0.25, 0.3) is 0 Å². The molecule has 0 radical (unpaired) electrons. The number of nitrogens with two attached hydrogens (primary N) is 1. The van der Waals surface area contributed by atoms with Crippen LogP contribution in [0.2, 0.25) is 0 Å². The Morgan fingerprint density at radius 2 is 2.14 bits per heavy atom. The highest BCUT2D eigenvalue weighted by atomic mass is 16.5. The lowest BCUT2D eigenvalue weighted by Crippen LogP contribution is -2.20. The van der Waals surface area contributed by atoms with Crippen LogP contribution in [0.4, 0.5) is 11.5 Å². The number of anilines is 2. The van der Waals surface area contributed by atoms with Gasteiger partial charge in [0, 0.05) is 13.1 Å². The van der Waals surface area contributed by atoms with Gasteiger partial charge in [0.1, 0.15) is 5.82 Å². The number of hydrogen-bond donors (Lipinski definition) is 2. The van der Waals surface area contributed by atoms with E-state index in [9.17, 15) is 0 Å². The lowest BCUT2D eigenvalue weighted by atomic mass is 10.4. The molecule has 1 aliphatic rings. The van der Waals surface area contributed by atoms with Crippen LogP contribution in [0.1, 0.15) is 12.8 Å². The Morgan fingerprint density at radius 1 is 1.33 bits per heavy atom. The Morgan fingerprint density at radius 3 is 2.86 bits per heavy atom. The fourth-order valence-corrected chi connectivity index (χ4v) is 1.75. The van der Waals surface area contributed by atoms with E-state index in [1.807, 2.05) is 26.2 Å². The Labute approximate surface area is 126 Å². The molecule has 0 atom stereocenters. The summed E-state index contributed by atoms with van der Waals surface area (Å²) in [5.74, 6) is 1.99. The molecule has 0 unspecified atom stereocenters. The minimum atomic E-state index is 0.528. The van der Waals surface area contributed by atoms with Gasteiger partial charge in [-0.25, -0.2) is 0 Å². The van der Waals surface area contributed by atoms with Gasteiger partial charge in [-0.3, -0.25) is 0 Å². The van der Waals surface area contributed by atoms with Crippen molar-refractivity contribution in [1.82, 2.24) is 9.88 Å². The van der Waals surface area contributed by atoms with Crippen molar-refractivity contribution in [3.63, 3.8) is 0 Å². The third-order valence-corrected chi connectivity index (χ3v) is 3.28. The molecule has 0 amide bonds. The van der Waals surface area contributed by atoms with Gasteiger partial charge in [-0.15, -0.1) is 0 Å². The standard InChI is InChI=1S/C15H26N4O2/c1-19(2)8-10-20-9-7-17-14-6-5-13(16)15(18-14)21-11-12-3-4-12/h5-6,12H,3-4,7-11,16H2,1-2H3,(H,17,18). The first-order chi connectivity index (χ1) is 10.1. The van der Waals surface area contributed by atoms with Crippen molar-refractivity contribution < 1.29 is 9.47 Å². The topological polar surface area (TPSA) is 72.6 Å². The van der Waals surface area contributed by atoms with Crippen molar-refractivity contribution in [3.05, 3.63) is 12.1 Å². The van der Waals surface area contributed by atoms with Crippen molar-refractivity contribution in [2.24, 2.45) is 5.92 Å². The molecule has 21 heavy (non-hydrogen) atoms. The summed E-state index contributed by atoms with van der Waals surface area (Å²) in [7, 11) is 4.06. The second-order valence-electron chi connectivity index (χ2n) is 5.69. The van der Waals surface area contributed by atoms with Gasteiger partial charge in [-0.1, -0.05) is 0 Å². The zero-order valence-corrected chi connectivity index (χ0v) is 13.0. The van der Waals surface area contributed by atoms with E-state index in [1.165, 1.54) is 12.8 Å². The molecule has 6 heteroatoms. The Hall–Kier alpha value is -1.53. The van der Waals surface area contributed by atoms with Crippen LogP contribution in [0, 0.1) is 5.92 Å². The number of nitrogens with zero attached hydrogens (tertiary/aromatic N) is 2. The molecule has 6 nitrogen and oxygen atoms in total. The first kappa shape index (κ1) is 15.9. The van der Waals surface area contributed by atoms with E-state index in [0.29, 0.717) is 37.2 Å². The fourth-order valence-electron chi connectivity index (χ4n) is 1.75. The van der Waals surface area contributed by atoms with E-state index >= 15 is 0 Å². The minimum Gasteiger partial charge on any atom is -0.476 e. The third-order valence-electron chi connectivity index (χ3n) is 3.28. The van der Waals surface area contributed by atoms with Crippen molar-refractivity contribution >= 4 is 11.5 Å². The maximum atomic E-state index is 5.87. The minimum absolute atomic E-state index is 0.528. The highest BCUT2D eigenvalue weighted by Crippen LogP contribution is 2.30. The highest BCUT2D eigenvalue weighted by molar-refractivity contribution is 5.53. The van der Waals surface area contributed by atoms with Crippen molar-refractivity contribution in [3.8, 4) is 5.88 Å². The van der Waals surface area contributed by atoms with Crippen LogP contribution in [0.3, 0.4) is 0 Å². The molecule has 1 fully saturated rings. The number of aromatic nitrogens is 1. The number of hydrogen-bond acceptors (Lipinski definition) is 6. The predicted octanol–water partition coefficient (Wildman–Crippen LogP) is 1.44. The predicted molar refractivity (Wildman–Crippen MR) is 84.7 cm³/mol. The molecular formula is C15H26N4O2. The van der Waals surface area contributed by atoms with Crippen molar-refractivity contribution in [1.29, 1.82) is 0 Å². The molecule has 0 aromatic carbocycles. The zero-order chi connectivity index (χ0) is 15.1. The molecule has 118 valence electrons. The molecule has 0 bridgehead atoms. The van der Waals surface area contributed by atoms with Gasteiger partial charge in [-0.2, -0.15) is 4.98 Å². The normalized spacial score (nSPS) is 14.4. The molecule has 0 saturated heterocycles. The van der Waals surface area contributed by atoms with Gasteiger partial charge in [0.2, 0.25) is 5.88 Å². The van der Waals surface area contributed by atoms with E-state index in [2.05, 4.69) is 15.2 Å². The van der Waals surface area contributed by atoms with Gasteiger partial charge in [-0.05, 0) is 45.0 Å². The fraction of sp³-hybridized carbons (Fsp3) is 0.667. The summed E-state index contributed by atoms with van der Waals surface area (Å²) in [6, 6.07) is 3.68. The maximum Gasteiger partial charge on any atom is 0.239 e. The van der Waals surface area contributed by atoms with Crippen LogP contribution in [-0.4, -0.2) is 56.9 Å². The van der Waals surface area contributed by atoms with E-state index in [1.54, 1.807) is 0 Å². The first-order valence-electron chi connectivity index (χ1n) is 7.51. The number of rotatable bonds is 10. The van der Waals surface area contributed by atoms with Gasteiger partial charge in [0.25, 0.3) is 0 Å². The van der Waals surface area contributed by atoms with E-state index in [4.69, 9.17) is 15.2 Å². The second kappa shape index (κ2) is 8.05. The second-order valence-corrected chi connectivity index (χ2v) is 5.69. The summed E-state index contributed by atoms with van der Waals surface area (Å²) in [5, 5.41) is 3.22. The van der Waals surface area contributed by atoms with Crippen LogP contribution in [0.15, 0.2) is 12.1 Å². The Bertz CT molecular complexity index is 436. The average molecular weight is 294 g/mol. The zero-order valence-electron chi connectivity index (χ0n) is 13.0. The van der Waals surface area contributed by atoms with E-state index in [-0.39, 0.29) is 0 Å². The van der Waals surface area contributed by atoms with Crippen LogP contribution < -0.4 is 15.8 Å². The molecule has 3 N–H and O–H groups in total. The largest absolute Gasteiger partial charge is 0.476 e. The Kier molecular flexibility index (Phi) is 6.07. The molecular weight excluding hydrogens is 268 g/mol. The van der Waals surface area contributed by atoms with Gasteiger partial charge < -0.3 is 25.4 Å². The molecule has 0 spiro atoms. The number of nitrogen functional groups attached to an aromatic ring is 1. The lowest BCUT2D eigenvalue weighted by molar-refractivity contribution is 0.126. The summed E-state index contributed by atoms with van der Waals surface area (Å²) >= 11 is 0. The average Bonchev–Trinajstić information content (AvgIpc) is 3.26. The number of nitrogens with one attached hydrogen (secondary N) is 1. The lowest BCUT2D eigenvalue weighted by Gasteiger charge is -2.12. The SMILES string of the molecule is CN(C)CCOCCNc1ccc(N)c(OCC2CC2)n1. The Balaban J connectivity index is 1.68. The molecule has 1 aromatic heterocycles. The summed E-state index contributed by atoms with van der Waals surface area (Å²) < 4.78 is 11.2. The number of pyridine rings is 1. The number of ether oxygens (including phenoxy) is 2. The molecule has 2 rings (SSSR count).